The summed E-state index contributed by atoms with van der Waals surface area (Å²) in [7, 11) is -0.783. The summed E-state index contributed by atoms with van der Waals surface area (Å²) >= 11 is 0. The van der Waals surface area contributed by atoms with Crippen molar-refractivity contribution in [2.24, 2.45) is 0 Å². The van der Waals surface area contributed by atoms with Gasteiger partial charge in [0.15, 0.2) is 0 Å². The zero-order valence-corrected chi connectivity index (χ0v) is 20.0. The topological polar surface area (TPSA) is 123 Å². The van der Waals surface area contributed by atoms with Crippen LogP contribution in [-0.2, 0) is 30.8 Å². The Balaban J connectivity index is 1.52. The van der Waals surface area contributed by atoms with Gasteiger partial charge in [-0.25, -0.2) is 8.42 Å². The number of nitrogens with zero attached hydrogens (tertiary/aromatic N) is 1. The Kier molecular flexibility index (Phi) is 8.85. The molecule has 1 saturated heterocycles. The third-order valence-electron chi connectivity index (χ3n) is 5.32. The highest BCUT2D eigenvalue weighted by atomic mass is 32.2. The standard InChI is InChI=1S/C23H29N3O7S/c1-31-18-6-4-17(5-7-18)12-13-24-22(27)23(28)25-16-21-26(14-3-15-33-21)34(29,30)20-10-8-19(32-2)9-11-20/h4-11,21H,3,12-16H2,1-2H3,(H,24,27)(H,25,28)/t21-/m1/s1. The van der Waals surface area contributed by atoms with Crippen molar-refractivity contribution in [2.75, 3.05) is 40.5 Å². The SMILES string of the molecule is COc1ccc(CCNC(=O)C(=O)NC[C@H]2OCCCN2S(=O)(=O)c2ccc(OC)cc2)cc1. The van der Waals surface area contributed by atoms with E-state index in [1.807, 2.05) is 24.3 Å². The first-order valence-corrected chi connectivity index (χ1v) is 12.3. The van der Waals surface area contributed by atoms with E-state index in [0.29, 0.717) is 25.2 Å². The third-order valence-corrected chi connectivity index (χ3v) is 7.23. The number of benzene rings is 2. The second-order valence-corrected chi connectivity index (χ2v) is 9.42. The Labute approximate surface area is 199 Å². The Morgan fingerprint density at radius 3 is 2.18 bits per heavy atom. The number of hydrogen-bond donors (Lipinski definition) is 2. The van der Waals surface area contributed by atoms with Crippen molar-refractivity contribution in [3.63, 3.8) is 0 Å². The molecule has 1 aliphatic rings. The molecule has 2 aromatic rings. The number of rotatable bonds is 9. The fourth-order valence-electron chi connectivity index (χ4n) is 3.44. The van der Waals surface area contributed by atoms with Crippen LogP contribution in [0.1, 0.15) is 12.0 Å². The van der Waals surface area contributed by atoms with E-state index in [1.165, 1.54) is 23.5 Å². The monoisotopic (exact) mass is 491 g/mol. The van der Waals surface area contributed by atoms with Crippen LogP contribution in [0.4, 0.5) is 0 Å². The van der Waals surface area contributed by atoms with Crippen LogP contribution < -0.4 is 20.1 Å². The van der Waals surface area contributed by atoms with Gasteiger partial charge in [0.25, 0.3) is 0 Å². The van der Waals surface area contributed by atoms with Crippen molar-refractivity contribution in [1.82, 2.24) is 14.9 Å². The summed E-state index contributed by atoms with van der Waals surface area (Å²) in [6.07, 6.45) is 0.144. The number of sulfonamides is 1. The van der Waals surface area contributed by atoms with E-state index in [1.54, 1.807) is 19.2 Å². The molecule has 1 heterocycles. The maximum absolute atomic E-state index is 13.1. The van der Waals surface area contributed by atoms with Gasteiger partial charge in [-0.1, -0.05) is 12.1 Å². The van der Waals surface area contributed by atoms with Crippen LogP contribution in [0.2, 0.25) is 0 Å². The molecule has 0 unspecified atom stereocenters. The highest BCUT2D eigenvalue weighted by Crippen LogP contribution is 2.23. The van der Waals surface area contributed by atoms with Crippen molar-refractivity contribution < 1.29 is 32.2 Å². The molecule has 0 aromatic heterocycles. The largest absolute Gasteiger partial charge is 0.497 e. The second kappa shape index (κ2) is 11.8. The average molecular weight is 492 g/mol. The van der Waals surface area contributed by atoms with Crippen LogP contribution in [0.3, 0.4) is 0 Å². The summed E-state index contributed by atoms with van der Waals surface area (Å²) in [5.41, 5.74) is 0.983. The highest BCUT2D eigenvalue weighted by Gasteiger charge is 2.35. The van der Waals surface area contributed by atoms with Crippen LogP contribution in [0, 0.1) is 0 Å². The van der Waals surface area contributed by atoms with E-state index in [-0.39, 0.29) is 24.5 Å². The Morgan fingerprint density at radius 2 is 1.56 bits per heavy atom. The van der Waals surface area contributed by atoms with Crippen molar-refractivity contribution in [3.8, 4) is 11.5 Å². The molecule has 0 radical (unpaired) electrons. The van der Waals surface area contributed by atoms with Crippen molar-refractivity contribution in [2.45, 2.75) is 24.0 Å². The van der Waals surface area contributed by atoms with E-state index < -0.39 is 28.1 Å². The molecule has 1 atom stereocenters. The summed E-state index contributed by atoms with van der Waals surface area (Å²) in [6, 6.07) is 13.4. The van der Waals surface area contributed by atoms with Gasteiger partial charge in [-0.15, -0.1) is 0 Å². The van der Waals surface area contributed by atoms with Crippen molar-refractivity contribution >= 4 is 21.8 Å². The molecule has 0 bridgehead atoms. The second-order valence-electron chi connectivity index (χ2n) is 7.53. The summed E-state index contributed by atoms with van der Waals surface area (Å²) in [5.74, 6) is -0.379. The molecular formula is C23H29N3O7S. The Morgan fingerprint density at radius 1 is 0.971 bits per heavy atom. The number of carbonyl (C=O) groups excluding carboxylic acids is 2. The number of methoxy groups -OCH3 is 2. The summed E-state index contributed by atoms with van der Waals surface area (Å²) in [4.78, 5) is 24.5. The Hall–Kier alpha value is -3.15. The Bertz CT molecular complexity index is 1070. The van der Waals surface area contributed by atoms with Gasteiger partial charge in [-0.3, -0.25) is 9.59 Å². The van der Waals surface area contributed by atoms with E-state index in [0.717, 1.165) is 11.3 Å². The zero-order valence-electron chi connectivity index (χ0n) is 19.2. The first kappa shape index (κ1) is 25.5. The average Bonchev–Trinajstić information content (AvgIpc) is 2.87. The number of amides is 2. The fraction of sp³-hybridized carbons (Fsp3) is 0.391. The first-order valence-electron chi connectivity index (χ1n) is 10.8. The molecule has 0 aliphatic carbocycles. The van der Waals surface area contributed by atoms with Crippen LogP contribution in [-0.4, -0.2) is 71.2 Å². The van der Waals surface area contributed by atoms with Gasteiger partial charge in [0.1, 0.15) is 17.7 Å². The smallest absolute Gasteiger partial charge is 0.309 e. The van der Waals surface area contributed by atoms with Gasteiger partial charge < -0.3 is 24.8 Å². The predicted octanol–water partition coefficient (Wildman–Crippen LogP) is 0.916. The first-order chi connectivity index (χ1) is 16.3. The minimum Gasteiger partial charge on any atom is -0.497 e. The fourth-order valence-corrected chi connectivity index (χ4v) is 5.00. The minimum atomic E-state index is -3.86. The lowest BCUT2D eigenvalue weighted by Crippen LogP contribution is -2.53. The molecule has 0 spiro atoms. The normalized spacial score (nSPS) is 16.5. The minimum absolute atomic E-state index is 0.0893. The number of carbonyl (C=O) groups is 2. The molecule has 184 valence electrons. The molecule has 34 heavy (non-hydrogen) atoms. The molecule has 1 fully saturated rings. The lowest BCUT2D eigenvalue weighted by Gasteiger charge is -2.34. The van der Waals surface area contributed by atoms with Gasteiger partial charge >= 0.3 is 11.8 Å². The quantitative estimate of drug-likeness (QED) is 0.500. The number of nitrogens with one attached hydrogen (secondary N) is 2. The van der Waals surface area contributed by atoms with Crippen molar-refractivity contribution in [1.29, 1.82) is 0 Å². The maximum Gasteiger partial charge on any atom is 0.309 e. The third kappa shape index (κ3) is 6.46. The summed E-state index contributed by atoms with van der Waals surface area (Å²) < 4.78 is 43.2. The molecule has 11 heteroatoms. The molecule has 2 aromatic carbocycles. The van der Waals surface area contributed by atoms with Crippen molar-refractivity contribution in [3.05, 3.63) is 54.1 Å². The molecule has 3 rings (SSSR count). The molecule has 10 nitrogen and oxygen atoms in total. The summed E-state index contributed by atoms with van der Waals surface area (Å²) in [5, 5.41) is 5.03. The van der Waals surface area contributed by atoms with Gasteiger partial charge in [0, 0.05) is 13.1 Å². The van der Waals surface area contributed by atoms with Gasteiger partial charge in [0.05, 0.1) is 32.3 Å². The molecule has 2 amide bonds. The number of ether oxygens (including phenoxy) is 3. The van der Waals surface area contributed by atoms with E-state index in [9.17, 15) is 18.0 Å². The lowest BCUT2D eigenvalue weighted by atomic mass is 10.1. The molecule has 0 saturated carbocycles. The zero-order chi connectivity index (χ0) is 24.6. The van der Waals surface area contributed by atoms with E-state index >= 15 is 0 Å². The highest BCUT2D eigenvalue weighted by molar-refractivity contribution is 7.89. The van der Waals surface area contributed by atoms with Crippen LogP contribution in [0.5, 0.6) is 11.5 Å². The lowest BCUT2D eigenvalue weighted by molar-refractivity contribution is -0.140. The molecule has 1 aliphatic heterocycles. The van der Waals surface area contributed by atoms with Crippen LogP contribution >= 0.6 is 0 Å². The van der Waals surface area contributed by atoms with Crippen LogP contribution in [0.15, 0.2) is 53.4 Å². The van der Waals surface area contributed by atoms with E-state index in [4.69, 9.17) is 14.2 Å². The van der Waals surface area contributed by atoms with Gasteiger partial charge in [-0.05, 0) is 54.8 Å². The summed E-state index contributed by atoms with van der Waals surface area (Å²) in [6.45, 7) is 0.711. The maximum atomic E-state index is 13.1. The van der Waals surface area contributed by atoms with Gasteiger partial charge in [-0.2, -0.15) is 4.31 Å². The molecule has 2 N–H and O–H groups in total. The molecular weight excluding hydrogens is 462 g/mol. The predicted molar refractivity (Wildman–Crippen MR) is 124 cm³/mol. The van der Waals surface area contributed by atoms with E-state index in [2.05, 4.69) is 10.6 Å². The van der Waals surface area contributed by atoms with Gasteiger partial charge in [0.2, 0.25) is 10.0 Å². The number of hydrogen-bond acceptors (Lipinski definition) is 7. The van der Waals surface area contributed by atoms with Crippen LogP contribution in [0.25, 0.3) is 0 Å².